The molecular formula is C33H47N3O7. The fourth-order valence-corrected chi connectivity index (χ4v) is 4.54. The van der Waals surface area contributed by atoms with Crippen LogP contribution >= 0.6 is 0 Å². The van der Waals surface area contributed by atoms with Crippen molar-refractivity contribution in [1.29, 1.82) is 0 Å². The maximum atomic E-state index is 14.4. The smallest absolute Gasteiger partial charge is 0.408 e. The summed E-state index contributed by atoms with van der Waals surface area (Å²) in [7, 11) is 0. The second-order valence-corrected chi connectivity index (χ2v) is 11.4. The molecule has 2 unspecified atom stereocenters. The summed E-state index contributed by atoms with van der Waals surface area (Å²) in [6, 6.07) is 11.9. The monoisotopic (exact) mass is 597 g/mol. The van der Waals surface area contributed by atoms with Crippen molar-refractivity contribution in [2.45, 2.75) is 91.3 Å². The number of carbonyl (C=O) groups is 4. The molecule has 0 aliphatic carbocycles. The average molecular weight is 598 g/mol. The van der Waals surface area contributed by atoms with Crippen molar-refractivity contribution >= 4 is 23.9 Å². The highest BCUT2D eigenvalue weighted by Crippen LogP contribution is 2.28. The molecule has 2 aromatic carbocycles. The number of rotatable bonds is 15. The Balaban J connectivity index is 2.53. The third kappa shape index (κ3) is 12.0. The highest BCUT2D eigenvalue weighted by atomic mass is 16.6. The number of amides is 3. The summed E-state index contributed by atoms with van der Waals surface area (Å²) in [5.41, 5.74) is 1.07. The Bertz CT molecular complexity index is 1210. The lowest BCUT2D eigenvalue weighted by Crippen LogP contribution is -2.54. The van der Waals surface area contributed by atoms with Crippen LogP contribution in [0.1, 0.15) is 83.0 Å². The topological polar surface area (TPSA) is 134 Å². The molecule has 10 nitrogen and oxygen atoms in total. The SMILES string of the molecule is CCCCCN(C(=O)C(Cc1ccccc1)NC(=O)OC(C)(C)C)C(C(=O)NCCC(=O)OCC)c1ccc(O)c(C)c1. The van der Waals surface area contributed by atoms with Gasteiger partial charge in [-0.25, -0.2) is 4.79 Å². The highest BCUT2D eigenvalue weighted by molar-refractivity contribution is 5.92. The maximum absolute atomic E-state index is 14.4. The van der Waals surface area contributed by atoms with Crippen LogP contribution in [0.2, 0.25) is 0 Å². The Hall–Kier alpha value is -4.08. The average Bonchev–Trinajstić information content (AvgIpc) is 2.93. The summed E-state index contributed by atoms with van der Waals surface area (Å²) < 4.78 is 10.5. The van der Waals surface area contributed by atoms with Gasteiger partial charge in [0.05, 0.1) is 13.0 Å². The molecule has 0 heterocycles. The first-order valence-corrected chi connectivity index (χ1v) is 14.9. The number of phenols is 1. The van der Waals surface area contributed by atoms with E-state index >= 15 is 0 Å². The number of phenolic OH excluding ortho intramolecular Hbond substituents is 1. The summed E-state index contributed by atoms with van der Waals surface area (Å²) in [6.45, 7) is 11.2. The number of benzene rings is 2. The number of unbranched alkanes of at least 4 members (excludes halogenated alkanes) is 2. The molecular weight excluding hydrogens is 550 g/mol. The molecule has 0 aromatic heterocycles. The number of hydrogen-bond donors (Lipinski definition) is 3. The molecule has 10 heteroatoms. The van der Waals surface area contributed by atoms with Crippen molar-refractivity contribution in [3.63, 3.8) is 0 Å². The van der Waals surface area contributed by atoms with Gasteiger partial charge in [0.2, 0.25) is 11.8 Å². The Morgan fingerprint density at radius 1 is 1.00 bits per heavy atom. The lowest BCUT2D eigenvalue weighted by molar-refractivity contribution is -0.144. The van der Waals surface area contributed by atoms with Crippen LogP contribution in [-0.4, -0.2) is 65.2 Å². The predicted molar refractivity (Wildman–Crippen MR) is 164 cm³/mol. The van der Waals surface area contributed by atoms with Crippen molar-refractivity contribution in [3.05, 3.63) is 65.2 Å². The number of ether oxygens (including phenoxy) is 2. The summed E-state index contributed by atoms with van der Waals surface area (Å²) in [5.74, 6) is -1.33. The molecule has 0 saturated heterocycles. The lowest BCUT2D eigenvalue weighted by Gasteiger charge is -2.35. The zero-order chi connectivity index (χ0) is 32.0. The van der Waals surface area contributed by atoms with Crippen molar-refractivity contribution in [1.82, 2.24) is 15.5 Å². The van der Waals surface area contributed by atoms with Crippen LogP contribution in [0.5, 0.6) is 5.75 Å². The largest absolute Gasteiger partial charge is 0.508 e. The van der Waals surface area contributed by atoms with Crippen LogP contribution in [-0.2, 0) is 30.3 Å². The van der Waals surface area contributed by atoms with Gasteiger partial charge in [0.1, 0.15) is 23.4 Å². The third-order valence-electron chi connectivity index (χ3n) is 6.59. The van der Waals surface area contributed by atoms with Gasteiger partial charge in [-0.15, -0.1) is 0 Å². The first-order chi connectivity index (χ1) is 20.4. The Morgan fingerprint density at radius 2 is 1.70 bits per heavy atom. The van der Waals surface area contributed by atoms with E-state index in [0.717, 1.165) is 18.4 Å². The lowest BCUT2D eigenvalue weighted by atomic mass is 9.98. The fraction of sp³-hybridized carbons (Fsp3) is 0.515. The van der Waals surface area contributed by atoms with Gasteiger partial charge >= 0.3 is 12.1 Å². The molecule has 0 spiro atoms. The maximum Gasteiger partial charge on any atom is 0.408 e. The normalized spacial score (nSPS) is 12.5. The van der Waals surface area contributed by atoms with E-state index in [2.05, 4.69) is 10.6 Å². The van der Waals surface area contributed by atoms with E-state index in [4.69, 9.17) is 9.47 Å². The number of aromatic hydroxyl groups is 1. The van der Waals surface area contributed by atoms with E-state index in [9.17, 15) is 24.3 Å². The van der Waals surface area contributed by atoms with Crippen LogP contribution in [0.4, 0.5) is 4.79 Å². The molecule has 2 aromatic rings. The molecule has 43 heavy (non-hydrogen) atoms. The Labute approximate surface area is 255 Å². The molecule has 0 bridgehead atoms. The number of aryl methyl sites for hydroxylation is 1. The van der Waals surface area contributed by atoms with E-state index in [1.54, 1.807) is 46.8 Å². The van der Waals surface area contributed by atoms with Gasteiger partial charge in [0.25, 0.3) is 0 Å². The van der Waals surface area contributed by atoms with E-state index in [1.165, 1.54) is 11.0 Å². The third-order valence-corrected chi connectivity index (χ3v) is 6.59. The Morgan fingerprint density at radius 3 is 2.30 bits per heavy atom. The number of carbonyl (C=O) groups excluding carboxylic acids is 4. The van der Waals surface area contributed by atoms with Gasteiger partial charge in [-0.2, -0.15) is 0 Å². The van der Waals surface area contributed by atoms with E-state index in [-0.39, 0.29) is 38.3 Å². The minimum Gasteiger partial charge on any atom is -0.508 e. The van der Waals surface area contributed by atoms with Gasteiger partial charge in [0, 0.05) is 19.5 Å². The second kappa shape index (κ2) is 17.1. The van der Waals surface area contributed by atoms with Gasteiger partial charge in [-0.1, -0.05) is 56.2 Å². The van der Waals surface area contributed by atoms with Gasteiger partial charge in [-0.3, -0.25) is 14.4 Å². The van der Waals surface area contributed by atoms with E-state index < -0.39 is 41.6 Å². The van der Waals surface area contributed by atoms with Gasteiger partial charge < -0.3 is 30.1 Å². The van der Waals surface area contributed by atoms with Gasteiger partial charge in [-0.05, 0) is 69.9 Å². The highest BCUT2D eigenvalue weighted by Gasteiger charge is 2.36. The predicted octanol–water partition coefficient (Wildman–Crippen LogP) is 4.97. The summed E-state index contributed by atoms with van der Waals surface area (Å²) >= 11 is 0. The molecule has 0 aliphatic heterocycles. The number of alkyl carbamates (subject to hydrolysis) is 1. The van der Waals surface area contributed by atoms with Gasteiger partial charge in [0.15, 0.2) is 0 Å². The zero-order valence-electron chi connectivity index (χ0n) is 26.3. The van der Waals surface area contributed by atoms with Crippen LogP contribution in [0.15, 0.2) is 48.5 Å². The van der Waals surface area contributed by atoms with Crippen molar-refractivity contribution in [3.8, 4) is 5.75 Å². The number of esters is 1. The van der Waals surface area contributed by atoms with Crippen molar-refractivity contribution in [2.24, 2.45) is 0 Å². The number of nitrogens with one attached hydrogen (secondary N) is 2. The zero-order valence-corrected chi connectivity index (χ0v) is 26.3. The van der Waals surface area contributed by atoms with Crippen LogP contribution in [0.25, 0.3) is 0 Å². The molecule has 0 fully saturated rings. The number of hydrogen-bond acceptors (Lipinski definition) is 7. The number of nitrogens with zero attached hydrogens (tertiary/aromatic N) is 1. The minimum atomic E-state index is -1.09. The van der Waals surface area contributed by atoms with Crippen molar-refractivity contribution in [2.75, 3.05) is 19.7 Å². The summed E-state index contributed by atoms with van der Waals surface area (Å²) in [6.07, 6.45) is 1.73. The first kappa shape index (κ1) is 35.1. The fourth-order valence-electron chi connectivity index (χ4n) is 4.54. The van der Waals surface area contributed by atoms with Crippen LogP contribution in [0, 0.1) is 6.92 Å². The molecule has 236 valence electrons. The van der Waals surface area contributed by atoms with Crippen molar-refractivity contribution < 1.29 is 33.8 Å². The first-order valence-electron chi connectivity index (χ1n) is 14.9. The Kier molecular flexibility index (Phi) is 14.0. The molecule has 0 radical (unpaired) electrons. The van der Waals surface area contributed by atoms with Crippen LogP contribution < -0.4 is 10.6 Å². The molecule has 0 saturated carbocycles. The molecule has 3 amide bonds. The molecule has 3 N–H and O–H groups in total. The summed E-state index contributed by atoms with van der Waals surface area (Å²) in [4.78, 5) is 54.5. The van der Waals surface area contributed by atoms with E-state index in [0.29, 0.717) is 17.5 Å². The second-order valence-electron chi connectivity index (χ2n) is 11.4. The van der Waals surface area contributed by atoms with E-state index in [1.807, 2.05) is 37.3 Å². The van der Waals surface area contributed by atoms with Crippen LogP contribution in [0.3, 0.4) is 0 Å². The molecule has 2 atom stereocenters. The minimum absolute atomic E-state index is 0.0197. The standard InChI is InChI=1S/C33H47N3O7/c1-7-9-13-20-36(31(40)26(22-24-14-11-10-12-15-24)35-32(41)43-33(4,5)6)29(25-16-17-27(37)23(3)21-25)30(39)34-19-18-28(38)42-8-2/h10-12,14-17,21,26,29,37H,7-9,13,18-20,22H2,1-6H3,(H,34,39)(H,35,41). The quantitative estimate of drug-likeness (QED) is 0.195. The molecule has 2 rings (SSSR count). The molecule has 0 aliphatic rings. The summed E-state index contributed by atoms with van der Waals surface area (Å²) in [5, 5.41) is 15.7.